The number of para-hydroxylation sites is 1. The van der Waals surface area contributed by atoms with Gasteiger partial charge < -0.3 is 25.0 Å². The van der Waals surface area contributed by atoms with Crippen molar-refractivity contribution in [2.24, 2.45) is 0 Å². The van der Waals surface area contributed by atoms with Crippen LogP contribution in [0.15, 0.2) is 48.5 Å². The Bertz CT molecular complexity index is 765. The van der Waals surface area contributed by atoms with E-state index in [0.29, 0.717) is 36.8 Å². The smallest absolute Gasteiger partial charge is 0.319 e. The summed E-state index contributed by atoms with van der Waals surface area (Å²) in [7, 11) is 3.14. The number of carbonyl (C=O) groups excluding carboxylic acids is 2. The summed E-state index contributed by atoms with van der Waals surface area (Å²) >= 11 is 0. The average molecular weight is 371 g/mol. The van der Waals surface area contributed by atoms with Gasteiger partial charge in [0.1, 0.15) is 0 Å². The van der Waals surface area contributed by atoms with Gasteiger partial charge in [0.05, 0.1) is 14.2 Å². The Morgan fingerprint density at radius 3 is 2.33 bits per heavy atom. The standard InChI is InChI=1S/C20H25N3O4/c1-15(24)23(14-16-9-10-18(26-2)19(13-16)27-3)12-11-21-20(25)22-17-7-5-4-6-8-17/h4-10,13H,11-12,14H2,1-3H3,(H2,21,22,25). The number of nitrogens with one attached hydrogen (secondary N) is 2. The number of amides is 3. The summed E-state index contributed by atoms with van der Waals surface area (Å²) in [6.07, 6.45) is 0. The maximum absolute atomic E-state index is 11.9. The van der Waals surface area contributed by atoms with Gasteiger partial charge in [-0.25, -0.2) is 4.79 Å². The maximum atomic E-state index is 11.9. The molecule has 2 N–H and O–H groups in total. The third-order valence-corrected chi connectivity index (χ3v) is 3.97. The van der Waals surface area contributed by atoms with Crippen molar-refractivity contribution < 1.29 is 19.1 Å². The Kier molecular flexibility index (Phi) is 7.49. The molecule has 0 unspecified atom stereocenters. The van der Waals surface area contributed by atoms with Gasteiger partial charge in [-0.2, -0.15) is 0 Å². The van der Waals surface area contributed by atoms with Crippen LogP contribution in [-0.2, 0) is 11.3 Å². The molecule has 144 valence electrons. The average Bonchev–Trinajstić information content (AvgIpc) is 2.67. The quantitative estimate of drug-likeness (QED) is 0.748. The summed E-state index contributed by atoms with van der Waals surface area (Å²) in [5, 5.41) is 5.49. The van der Waals surface area contributed by atoms with Gasteiger partial charge in [0.2, 0.25) is 5.91 Å². The number of hydrogen-bond donors (Lipinski definition) is 2. The Morgan fingerprint density at radius 1 is 1.00 bits per heavy atom. The van der Waals surface area contributed by atoms with Crippen LogP contribution < -0.4 is 20.1 Å². The lowest BCUT2D eigenvalue weighted by Gasteiger charge is -2.22. The van der Waals surface area contributed by atoms with Crippen molar-refractivity contribution in [3.63, 3.8) is 0 Å². The number of rotatable bonds is 8. The second kappa shape index (κ2) is 10.1. The predicted octanol–water partition coefficient (Wildman–Crippen LogP) is 2.87. The van der Waals surface area contributed by atoms with Crippen LogP contribution in [-0.4, -0.2) is 44.1 Å². The van der Waals surface area contributed by atoms with Gasteiger partial charge in [0, 0.05) is 32.2 Å². The minimum atomic E-state index is -0.309. The third kappa shape index (κ3) is 6.22. The van der Waals surface area contributed by atoms with Crippen LogP contribution in [0.25, 0.3) is 0 Å². The molecule has 2 aromatic carbocycles. The topological polar surface area (TPSA) is 79.9 Å². The number of benzene rings is 2. The molecule has 0 aliphatic heterocycles. The highest BCUT2D eigenvalue weighted by Crippen LogP contribution is 2.28. The molecule has 0 heterocycles. The summed E-state index contributed by atoms with van der Waals surface area (Å²) < 4.78 is 10.5. The lowest BCUT2D eigenvalue weighted by molar-refractivity contribution is -0.129. The molecule has 0 aromatic heterocycles. The highest BCUT2D eigenvalue weighted by Gasteiger charge is 2.12. The fourth-order valence-electron chi connectivity index (χ4n) is 2.55. The highest BCUT2D eigenvalue weighted by atomic mass is 16.5. The Labute approximate surface area is 159 Å². The minimum Gasteiger partial charge on any atom is -0.493 e. The van der Waals surface area contributed by atoms with Crippen molar-refractivity contribution in [1.82, 2.24) is 10.2 Å². The normalized spacial score (nSPS) is 10.0. The minimum absolute atomic E-state index is 0.0740. The van der Waals surface area contributed by atoms with E-state index >= 15 is 0 Å². The fraction of sp³-hybridized carbons (Fsp3) is 0.300. The number of urea groups is 1. The van der Waals surface area contributed by atoms with E-state index in [2.05, 4.69) is 10.6 Å². The largest absolute Gasteiger partial charge is 0.493 e. The number of carbonyl (C=O) groups is 2. The van der Waals surface area contributed by atoms with Crippen molar-refractivity contribution in [2.45, 2.75) is 13.5 Å². The molecule has 0 atom stereocenters. The summed E-state index contributed by atoms with van der Waals surface area (Å²) in [4.78, 5) is 25.5. The van der Waals surface area contributed by atoms with E-state index in [4.69, 9.17) is 9.47 Å². The van der Waals surface area contributed by atoms with Crippen LogP contribution in [0.1, 0.15) is 12.5 Å². The van der Waals surface area contributed by atoms with Crippen molar-refractivity contribution in [2.75, 3.05) is 32.6 Å². The highest BCUT2D eigenvalue weighted by molar-refractivity contribution is 5.89. The molecule has 0 aliphatic carbocycles. The van der Waals surface area contributed by atoms with E-state index in [9.17, 15) is 9.59 Å². The first-order chi connectivity index (χ1) is 13.0. The van der Waals surface area contributed by atoms with Crippen LogP contribution >= 0.6 is 0 Å². The van der Waals surface area contributed by atoms with Crippen LogP contribution in [0.2, 0.25) is 0 Å². The zero-order valence-corrected chi connectivity index (χ0v) is 15.8. The fourth-order valence-corrected chi connectivity index (χ4v) is 2.55. The van der Waals surface area contributed by atoms with Crippen molar-refractivity contribution >= 4 is 17.6 Å². The molecule has 0 spiro atoms. The Balaban J connectivity index is 1.88. The molecule has 0 radical (unpaired) electrons. The second-order valence-corrected chi connectivity index (χ2v) is 5.88. The number of ether oxygens (including phenoxy) is 2. The van der Waals surface area contributed by atoms with Crippen LogP contribution in [0, 0.1) is 0 Å². The van der Waals surface area contributed by atoms with Crippen molar-refractivity contribution in [3.8, 4) is 11.5 Å². The molecule has 7 heteroatoms. The van der Waals surface area contributed by atoms with Gasteiger partial charge in [0.25, 0.3) is 0 Å². The molecule has 0 fully saturated rings. The summed E-state index contributed by atoms with van der Waals surface area (Å²) in [5.74, 6) is 1.17. The van der Waals surface area contributed by atoms with Gasteiger partial charge >= 0.3 is 6.03 Å². The SMILES string of the molecule is COc1ccc(CN(CCNC(=O)Nc2ccccc2)C(C)=O)cc1OC. The van der Waals surface area contributed by atoms with E-state index in [1.54, 1.807) is 37.3 Å². The lowest BCUT2D eigenvalue weighted by atomic mass is 10.2. The van der Waals surface area contributed by atoms with Crippen LogP contribution in [0.4, 0.5) is 10.5 Å². The maximum Gasteiger partial charge on any atom is 0.319 e. The van der Waals surface area contributed by atoms with E-state index in [0.717, 1.165) is 5.56 Å². The number of nitrogens with zero attached hydrogens (tertiary/aromatic N) is 1. The molecular formula is C20H25N3O4. The third-order valence-electron chi connectivity index (χ3n) is 3.97. The van der Waals surface area contributed by atoms with E-state index in [-0.39, 0.29) is 11.9 Å². The van der Waals surface area contributed by atoms with E-state index < -0.39 is 0 Å². The number of anilines is 1. The molecule has 0 bridgehead atoms. The predicted molar refractivity (Wildman–Crippen MR) is 104 cm³/mol. The first kappa shape index (κ1) is 20.1. The van der Waals surface area contributed by atoms with Gasteiger partial charge in [-0.3, -0.25) is 4.79 Å². The van der Waals surface area contributed by atoms with Crippen LogP contribution in [0.5, 0.6) is 11.5 Å². The lowest BCUT2D eigenvalue weighted by Crippen LogP contribution is -2.38. The van der Waals surface area contributed by atoms with Crippen molar-refractivity contribution in [1.29, 1.82) is 0 Å². The Hall–Kier alpha value is -3.22. The molecule has 27 heavy (non-hydrogen) atoms. The zero-order chi connectivity index (χ0) is 19.6. The molecular weight excluding hydrogens is 346 g/mol. The van der Waals surface area contributed by atoms with Gasteiger partial charge in [-0.1, -0.05) is 24.3 Å². The summed E-state index contributed by atoms with van der Waals surface area (Å²) in [6, 6.07) is 14.4. The molecule has 0 saturated heterocycles. The molecule has 3 amide bonds. The zero-order valence-electron chi connectivity index (χ0n) is 15.8. The van der Waals surface area contributed by atoms with E-state index in [1.165, 1.54) is 6.92 Å². The van der Waals surface area contributed by atoms with Gasteiger partial charge in [-0.05, 0) is 29.8 Å². The number of hydrogen-bond acceptors (Lipinski definition) is 4. The number of methoxy groups -OCH3 is 2. The van der Waals surface area contributed by atoms with Gasteiger partial charge in [-0.15, -0.1) is 0 Å². The first-order valence-corrected chi connectivity index (χ1v) is 8.59. The summed E-state index contributed by atoms with van der Waals surface area (Å²) in [6.45, 7) is 2.65. The molecule has 2 aromatic rings. The summed E-state index contributed by atoms with van der Waals surface area (Å²) in [5.41, 5.74) is 1.63. The van der Waals surface area contributed by atoms with Crippen molar-refractivity contribution in [3.05, 3.63) is 54.1 Å². The van der Waals surface area contributed by atoms with Gasteiger partial charge in [0.15, 0.2) is 11.5 Å². The van der Waals surface area contributed by atoms with E-state index in [1.807, 2.05) is 30.3 Å². The second-order valence-electron chi connectivity index (χ2n) is 5.88. The monoisotopic (exact) mass is 371 g/mol. The molecule has 0 aliphatic rings. The first-order valence-electron chi connectivity index (χ1n) is 8.59. The van der Waals surface area contributed by atoms with Crippen LogP contribution in [0.3, 0.4) is 0 Å². The molecule has 0 saturated carbocycles. The molecule has 2 rings (SSSR count). The molecule has 7 nitrogen and oxygen atoms in total. The Morgan fingerprint density at radius 2 is 1.70 bits per heavy atom.